The fraction of sp³-hybridized carbons (Fsp3) is 0.524. The van der Waals surface area contributed by atoms with Crippen LogP contribution in [0, 0.1) is 0 Å². The van der Waals surface area contributed by atoms with Crippen LogP contribution in [0.1, 0.15) is 42.2 Å². The van der Waals surface area contributed by atoms with Crippen molar-refractivity contribution in [2.45, 2.75) is 50.0 Å². The van der Waals surface area contributed by atoms with E-state index >= 15 is 0 Å². The maximum absolute atomic E-state index is 13.0. The molecule has 43 heavy (non-hydrogen) atoms. The van der Waals surface area contributed by atoms with Crippen molar-refractivity contribution in [2.75, 3.05) is 26.0 Å². The highest BCUT2D eigenvalue weighted by atomic mass is 31.2. The highest BCUT2D eigenvalue weighted by molar-refractivity contribution is 7.47. The molecule has 6 atom stereocenters. The van der Waals surface area contributed by atoms with Gasteiger partial charge in [-0.15, -0.1) is 0 Å². The minimum absolute atomic E-state index is 0.00637. The second-order valence-electron chi connectivity index (χ2n) is 9.46. The molecule has 3 aromatic rings. The number of nitrogens with one attached hydrogen (secondary N) is 1. The summed E-state index contributed by atoms with van der Waals surface area (Å²) < 4.78 is 54.3. The number of aldehydes is 1. The first kappa shape index (κ1) is 31.3. The molecule has 0 spiro atoms. The lowest BCUT2D eigenvalue weighted by molar-refractivity contribution is -0.0480. The Morgan fingerprint density at radius 3 is 2.63 bits per heavy atom. The van der Waals surface area contributed by atoms with Gasteiger partial charge in [0.2, 0.25) is 0 Å². The van der Waals surface area contributed by atoms with E-state index in [1.54, 1.807) is 11.6 Å². The van der Waals surface area contributed by atoms with Crippen molar-refractivity contribution >= 4 is 51.1 Å². The van der Waals surface area contributed by atoms with Gasteiger partial charge in [-0.2, -0.15) is 0 Å². The van der Waals surface area contributed by atoms with Crippen molar-refractivity contribution in [3.05, 3.63) is 24.7 Å². The van der Waals surface area contributed by atoms with E-state index in [1.807, 2.05) is 0 Å². The summed E-state index contributed by atoms with van der Waals surface area (Å²) in [6.07, 6.45) is 2.34. The zero-order valence-electron chi connectivity index (χ0n) is 22.5. The van der Waals surface area contributed by atoms with Crippen molar-refractivity contribution in [1.29, 1.82) is 0 Å². The summed E-state index contributed by atoms with van der Waals surface area (Å²) in [5, 5.41) is 2.69. The number of imidazole rings is 2. The van der Waals surface area contributed by atoms with Crippen molar-refractivity contribution < 1.29 is 51.6 Å². The summed E-state index contributed by atoms with van der Waals surface area (Å²) in [7, 11) is -8.08. The molecule has 6 N–H and O–H groups in total. The number of hydrogen-bond acceptors (Lipinski definition) is 14. The highest BCUT2D eigenvalue weighted by Gasteiger charge is 2.44. The first-order valence-electron chi connectivity index (χ1n) is 12.8. The number of phosphoric ester groups is 2. The number of aromatic nitrogens is 6. The Bertz CT molecular complexity index is 1580. The molecule has 0 radical (unpaired) electrons. The van der Waals surface area contributed by atoms with E-state index in [1.165, 1.54) is 29.9 Å². The number of rotatable bonds is 13. The van der Waals surface area contributed by atoms with Gasteiger partial charge in [-0.1, -0.05) is 0 Å². The number of ether oxygens (including phenoxy) is 2. The SMILES string of the molecule is CN/C=N\c1c(C=O)ncn1C1C[C@H](OP(=O)(O)OCC2CCC(n3cnc4c(N)ncnc43)O2)C(COP(=O)(O)O)O1. The molecule has 2 saturated heterocycles. The standard InChI is InChI=1S/C21H29N9O11P2/c1-23-8-25-20-13(5-31)27-10-30(20)17-4-14(15(40-17)7-37-42(32,33)34)41-43(35,36)38-6-12-2-3-16(39-12)29-11-28-18-19(22)24-9-26-21(18)29/h5,8-12,14-17H,2-4,6-7H2,1H3,(H,23,25)(H,35,36)(H2,22,24,26)(H2,32,33,34)/t12?,14-,15?,16?,17?/m0/s1. The lowest BCUT2D eigenvalue weighted by atomic mass is 10.2. The Balaban J connectivity index is 1.24. The number of phosphoric acid groups is 2. The Morgan fingerprint density at radius 1 is 1.09 bits per heavy atom. The van der Waals surface area contributed by atoms with Gasteiger partial charge in [0.05, 0.1) is 38.3 Å². The monoisotopic (exact) mass is 645 g/mol. The van der Waals surface area contributed by atoms with Crippen LogP contribution in [-0.2, 0) is 32.2 Å². The molecule has 3 aromatic heterocycles. The molecule has 20 nitrogen and oxygen atoms in total. The summed E-state index contributed by atoms with van der Waals surface area (Å²) in [5.41, 5.74) is 6.74. The van der Waals surface area contributed by atoms with Crippen LogP contribution in [0.2, 0.25) is 0 Å². The van der Waals surface area contributed by atoms with Crippen LogP contribution in [0.25, 0.3) is 11.2 Å². The fourth-order valence-electron chi connectivity index (χ4n) is 4.70. The van der Waals surface area contributed by atoms with E-state index in [0.717, 1.165) is 0 Å². The van der Waals surface area contributed by atoms with Gasteiger partial charge in [0.25, 0.3) is 0 Å². The molecule has 5 rings (SSSR count). The van der Waals surface area contributed by atoms with Gasteiger partial charge >= 0.3 is 15.6 Å². The first-order chi connectivity index (χ1) is 20.5. The van der Waals surface area contributed by atoms with Crippen molar-refractivity contribution in [3.63, 3.8) is 0 Å². The molecule has 234 valence electrons. The fourth-order valence-corrected chi connectivity index (χ4v) is 6.02. The van der Waals surface area contributed by atoms with Crippen LogP contribution in [-0.4, -0.2) is 94.9 Å². The van der Waals surface area contributed by atoms with Crippen LogP contribution >= 0.6 is 15.6 Å². The molecule has 0 amide bonds. The Labute approximate surface area is 243 Å². The van der Waals surface area contributed by atoms with Gasteiger partial charge < -0.3 is 35.2 Å². The maximum atomic E-state index is 13.0. The number of nitrogens with two attached hydrogens (primary N) is 1. The van der Waals surface area contributed by atoms with E-state index in [0.29, 0.717) is 30.3 Å². The van der Waals surface area contributed by atoms with Gasteiger partial charge in [-0.05, 0) is 12.8 Å². The Hall–Kier alpha value is -3.16. The molecule has 2 aliphatic heterocycles. The van der Waals surface area contributed by atoms with Crippen LogP contribution in [0.4, 0.5) is 11.6 Å². The van der Waals surface area contributed by atoms with Crippen LogP contribution in [0.5, 0.6) is 0 Å². The molecule has 2 aliphatic rings. The zero-order valence-corrected chi connectivity index (χ0v) is 24.3. The number of fused-ring (bicyclic) bond motifs is 1. The quantitative estimate of drug-likeness (QED) is 0.0735. The normalized spacial score (nSPS) is 25.9. The summed E-state index contributed by atoms with van der Waals surface area (Å²) >= 11 is 0. The number of hydrogen-bond donors (Lipinski definition) is 5. The lowest BCUT2D eigenvalue weighted by Gasteiger charge is -2.22. The third-order valence-corrected chi connectivity index (χ3v) is 8.09. The second-order valence-corrected chi connectivity index (χ2v) is 12.1. The predicted molar refractivity (Wildman–Crippen MR) is 145 cm³/mol. The molecule has 2 fully saturated rings. The van der Waals surface area contributed by atoms with Crippen molar-refractivity contribution in [3.8, 4) is 0 Å². The van der Waals surface area contributed by atoms with Gasteiger partial charge in [0.1, 0.15) is 42.2 Å². The highest BCUT2D eigenvalue weighted by Crippen LogP contribution is 2.50. The summed E-state index contributed by atoms with van der Waals surface area (Å²) in [4.78, 5) is 60.7. The molecular formula is C21H29N9O11P2. The first-order valence-corrected chi connectivity index (χ1v) is 15.8. The van der Waals surface area contributed by atoms with E-state index < -0.39 is 53.0 Å². The Morgan fingerprint density at radius 2 is 1.88 bits per heavy atom. The number of aliphatic imine (C=N–C) groups is 1. The topological polar surface area (TPSA) is 270 Å². The van der Waals surface area contributed by atoms with Crippen molar-refractivity contribution in [1.82, 2.24) is 34.4 Å². The zero-order chi connectivity index (χ0) is 30.8. The van der Waals surface area contributed by atoms with E-state index in [4.69, 9.17) is 24.3 Å². The third kappa shape index (κ3) is 7.32. The molecule has 0 aliphatic carbocycles. The maximum Gasteiger partial charge on any atom is 0.472 e. The third-order valence-electron chi connectivity index (χ3n) is 6.59. The van der Waals surface area contributed by atoms with Crippen LogP contribution < -0.4 is 11.1 Å². The smallest absolute Gasteiger partial charge is 0.382 e. The summed E-state index contributed by atoms with van der Waals surface area (Å²) in [6.45, 7) is -0.988. The predicted octanol–water partition coefficient (Wildman–Crippen LogP) is 0.573. The molecule has 5 unspecified atom stereocenters. The number of nitrogens with zero attached hydrogens (tertiary/aromatic N) is 7. The van der Waals surface area contributed by atoms with Gasteiger partial charge in [0.15, 0.2) is 23.6 Å². The van der Waals surface area contributed by atoms with E-state index in [9.17, 15) is 28.6 Å². The van der Waals surface area contributed by atoms with Gasteiger partial charge in [-0.25, -0.2) is 34.1 Å². The number of carbonyl (C=O) groups excluding carboxylic acids is 1. The molecule has 0 saturated carbocycles. The molecule has 22 heteroatoms. The molecule has 5 heterocycles. The average molecular weight is 645 g/mol. The van der Waals surface area contributed by atoms with Gasteiger partial charge in [0, 0.05) is 13.5 Å². The number of nitrogen functional groups attached to an aromatic ring is 1. The molecular weight excluding hydrogens is 616 g/mol. The molecule has 0 aromatic carbocycles. The van der Waals surface area contributed by atoms with Crippen LogP contribution in [0.3, 0.4) is 0 Å². The lowest BCUT2D eigenvalue weighted by Crippen LogP contribution is -2.28. The Kier molecular flexibility index (Phi) is 9.33. The average Bonchev–Trinajstić information content (AvgIpc) is 3.74. The number of carbonyl (C=O) groups is 1. The van der Waals surface area contributed by atoms with E-state index in [-0.39, 0.29) is 30.4 Å². The van der Waals surface area contributed by atoms with Gasteiger partial charge in [-0.3, -0.25) is 27.5 Å². The minimum atomic E-state index is -4.92. The van der Waals surface area contributed by atoms with E-state index in [2.05, 4.69) is 34.8 Å². The summed E-state index contributed by atoms with van der Waals surface area (Å²) in [5.74, 6) is 0.336. The number of anilines is 1. The summed E-state index contributed by atoms with van der Waals surface area (Å²) in [6, 6.07) is 0. The second kappa shape index (κ2) is 12.8. The van der Waals surface area contributed by atoms with Crippen molar-refractivity contribution in [2.24, 2.45) is 4.99 Å². The minimum Gasteiger partial charge on any atom is -0.382 e. The largest absolute Gasteiger partial charge is 0.472 e. The van der Waals surface area contributed by atoms with Crippen LogP contribution in [0.15, 0.2) is 24.0 Å². The molecule has 0 bridgehead atoms.